The van der Waals surface area contributed by atoms with E-state index in [1.807, 2.05) is 14.0 Å². The summed E-state index contributed by atoms with van der Waals surface area (Å²) in [5, 5.41) is 11.3. The lowest BCUT2D eigenvalue weighted by Crippen LogP contribution is -2.54. The number of aromatic carboxylic acids is 1. The summed E-state index contributed by atoms with van der Waals surface area (Å²) < 4.78 is 13.8. The number of carbonyl (C=O) groups is 2. The number of benzene rings is 1. The number of carboxylic acids is 1. The van der Waals surface area contributed by atoms with Crippen molar-refractivity contribution in [2.45, 2.75) is 13.0 Å². The Morgan fingerprint density at radius 1 is 1.38 bits per heavy atom. The number of urea groups is 1. The van der Waals surface area contributed by atoms with E-state index in [1.165, 1.54) is 12.1 Å². The van der Waals surface area contributed by atoms with Crippen LogP contribution in [-0.4, -0.2) is 59.6 Å². The fourth-order valence-electron chi connectivity index (χ4n) is 2.38. The lowest BCUT2D eigenvalue weighted by molar-refractivity contribution is 0.0696. The average Bonchev–Trinajstić information content (AvgIpc) is 2.40. The van der Waals surface area contributed by atoms with Crippen molar-refractivity contribution in [1.82, 2.24) is 9.80 Å². The molecule has 1 aromatic rings. The van der Waals surface area contributed by atoms with Crippen LogP contribution in [0.1, 0.15) is 17.3 Å². The highest BCUT2D eigenvalue weighted by molar-refractivity contribution is 5.92. The van der Waals surface area contributed by atoms with E-state index in [0.717, 1.165) is 19.2 Å². The first kappa shape index (κ1) is 15.2. The van der Waals surface area contributed by atoms with Crippen molar-refractivity contribution in [2.24, 2.45) is 0 Å². The lowest BCUT2D eigenvalue weighted by atomic mass is 10.2. The molecule has 0 radical (unpaired) electrons. The van der Waals surface area contributed by atoms with Gasteiger partial charge in [-0.15, -0.1) is 0 Å². The van der Waals surface area contributed by atoms with Crippen LogP contribution in [0.5, 0.6) is 0 Å². The van der Waals surface area contributed by atoms with E-state index in [2.05, 4.69) is 10.2 Å². The molecule has 0 bridgehead atoms. The minimum Gasteiger partial charge on any atom is -0.478 e. The number of nitrogens with zero attached hydrogens (tertiary/aromatic N) is 2. The molecular weight excluding hydrogens is 277 g/mol. The number of carbonyl (C=O) groups excluding carboxylic acids is 1. The first-order valence-corrected chi connectivity index (χ1v) is 6.67. The summed E-state index contributed by atoms with van der Waals surface area (Å²) in [5.74, 6) is -1.97. The van der Waals surface area contributed by atoms with Crippen LogP contribution in [0.15, 0.2) is 18.2 Å². The van der Waals surface area contributed by atoms with Crippen LogP contribution in [0.25, 0.3) is 0 Å². The highest BCUT2D eigenvalue weighted by atomic mass is 19.1. The number of carboxylic acid groups (broad SMARTS) is 1. The summed E-state index contributed by atoms with van der Waals surface area (Å²) in [7, 11) is 1.98. The van der Waals surface area contributed by atoms with Crippen molar-refractivity contribution in [3.05, 3.63) is 29.6 Å². The monoisotopic (exact) mass is 295 g/mol. The fraction of sp³-hybridized carbons (Fsp3) is 0.429. The molecule has 0 aromatic heterocycles. The average molecular weight is 295 g/mol. The summed E-state index contributed by atoms with van der Waals surface area (Å²) in [6, 6.07) is 3.07. The summed E-state index contributed by atoms with van der Waals surface area (Å²) in [4.78, 5) is 26.7. The van der Waals surface area contributed by atoms with Gasteiger partial charge in [0.2, 0.25) is 0 Å². The van der Waals surface area contributed by atoms with Gasteiger partial charge < -0.3 is 20.2 Å². The molecule has 1 fully saturated rings. The molecule has 1 heterocycles. The van der Waals surface area contributed by atoms with Gasteiger partial charge in [0.1, 0.15) is 5.82 Å². The Morgan fingerprint density at radius 3 is 2.67 bits per heavy atom. The second-order valence-electron chi connectivity index (χ2n) is 5.23. The molecule has 6 nitrogen and oxygen atoms in total. The van der Waals surface area contributed by atoms with Crippen molar-refractivity contribution in [2.75, 3.05) is 32.0 Å². The fourth-order valence-corrected chi connectivity index (χ4v) is 2.38. The van der Waals surface area contributed by atoms with E-state index in [-0.39, 0.29) is 23.3 Å². The molecule has 2 amide bonds. The van der Waals surface area contributed by atoms with E-state index in [1.54, 1.807) is 4.90 Å². The number of likely N-dealkylation sites (N-methyl/N-ethyl adjacent to an activating group) is 1. The smallest absolute Gasteiger partial charge is 0.335 e. The number of amides is 2. The molecule has 1 aliphatic rings. The predicted octanol–water partition coefficient (Wildman–Crippen LogP) is 1.69. The molecule has 1 aromatic carbocycles. The molecule has 0 spiro atoms. The highest BCUT2D eigenvalue weighted by Crippen LogP contribution is 2.18. The summed E-state index contributed by atoms with van der Waals surface area (Å²) in [6.45, 7) is 4.02. The summed E-state index contributed by atoms with van der Waals surface area (Å²) in [5.41, 5.74) is -0.172. The van der Waals surface area contributed by atoms with E-state index in [4.69, 9.17) is 5.11 Å². The van der Waals surface area contributed by atoms with Gasteiger partial charge in [-0.2, -0.15) is 0 Å². The van der Waals surface area contributed by atoms with Gasteiger partial charge in [0.15, 0.2) is 0 Å². The number of halogens is 1. The van der Waals surface area contributed by atoms with Gasteiger partial charge in [-0.3, -0.25) is 0 Å². The Labute approximate surface area is 122 Å². The Morgan fingerprint density at radius 2 is 2.10 bits per heavy atom. The third-order valence-corrected chi connectivity index (χ3v) is 3.55. The third kappa shape index (κ3) is 3.49. The van der Waals surface area contributed by atoms with E-state index >= 15 is 0 Å². The summed E-state index contributed by atoms with van der Waals surface area (Å²) in [6.07, 6.45) is 0. The molecule has 1 saturated heterocycles. The first-order valence-electron chi connectivity index (χ1n) is 6.67. The maximum Gasteiger partial charge on any atom is 0.335 e. The number of anilines is 1. The van der Waals surface area contributed by atoms with Crippen molar-refractivity contribution in [3.8, 4) is 0 Å². The van der Waals surface area contributed by atoms with Gasteiger partial charge in [0.25, 0.3) is 0 Å². The Bertz CT molecular complexity index is 564. The van der Waals surface area contributed by atoms with Crippen molar-refractivity contribution in [3.63, 3.8) is 0 Å². The molecule has 0 saturated carbocycles. The largest absolute Gasteiger partial charge is 0.478 e. The normalized spacial score (nSPS) is 19.4. The molecule has 114 valence electrons. The highest BCUT2D eigenvalue weighted by Gasteiger charge is 2.26. The van der Waals surface area contributed by atoms with Crippen molar-refractivity contribution < 1.29 is 19.1 Å². The van der Waals surface area contributed by atoms with Crippen LogP contribution in [0, 0.1) is 5.82 Å². The van der Waals surface area contributed by atoms with Crippen LogP contribution in [-0.2, 0) is 0 Å². The van der Waals surface area contributed by atoms with Crippen molar-refractivity contribution >= 4 is 17.7 Å². The Balaban J connectivity index is 2.07. The molecule has 1 aliphatic heterocycles. The molecule has 0 aliphatic carbocycles. The standard InChI is InChI=1S/C14H18FN3O3/c1-9-8-17(2)5-6-18(9)14(21)16-12-4-3-10(13(19)20)7-11(12)15/h3-4,7,9H,5-6,8H2,1-2H3,(H,16,21)(H,19,20). The molecular formula is C14H18FN3O3. The Hall–Kier alpha value is -2.15. The second kappa shape index (κ2) is 6.09. The molecule has 1 unspecified atom stereocenters. The molecule has 2 rings (SSSR count). The number of rotatable bonds is 2. The topological polar surface area (TPSA) is 72.9 Å². The van der Waals surface area contributed by atoms with Gasteiger partial charge in [-0.25, -0.2) is 14.0 Å². The Kier molecular flexibility index (Phi) is 4.42. The quantitative estimate of drug-likeness (QED) is 0.871. The third-order valence-electron chi connectivity index (χ3n) is 3.55. The summed E-state index contributed by atoms with van der Waals surface area (Å²) >= 11 is 0. The van der Waals surface area contributed by atoms with Crippen LogP contribution in [0.3, 0.4) is 0 Å². The van der Waals surface area contributed by atoms with Gasteiger partial charge in [-0.1, -0.05) is 0 Å². The van der Waals surface area contributed by atoms with Crippen LogP contribution in [0.4, 0.5) is 14.9 Å². The lowest BCUT2D eigenvalue weighted by Gasteiger charge is -2.38. The number of piperazine rings is 1. The first-order chi connectivity index (χ1) is 9.88. The molecule has 1 atom stereocenters. The number of hydrogen-bond donors (Lipinski definition) is 2. The molecule has 2 N–H and O–H groups in total. The molecule has 7 heteroatoms. The van der Waals surface area contributed by atoms with Gasteiger partial charge in [0.05, 0.1) is 11.3 Å². The van der Waals surface area contributed by atoms with E-state index in [0.29, 0.717) is 6.54 Å². The second-order valence-corrected chi connectivity index (χ2v) is 5.23. The minimum atomic E-state index is -1.21. The van der Waals surface area contributed by atoms with Gasteiger partial charge in [-0.05, 0) is 32.2 Å². The van der Waals surface area contributed by atoms with Crippen LogP contribution >= 0.6 is 0 Å². The van der Waals surface area contributed by atoms with E-state index in [9.17, 15) is 14.0 Å². The maximum atomic E-state index is 13.8. The zero-order valence-corrected chi connectivity index (χ0v) is 12.0. The maximum absolute atomic E-state index is 13.8. The van der Waals surface area contributed by atoms with Crippen LogP contribution < -0.4 is 5.32 Å². The number of hydrogen-bond acceptors (Lipinski definition) is 3. The SMILES string of the molecule is CC1CN(C)CCN1C(=O)Nc1ccc(C(=O)O)cc1F. The van der Waals surface area contributed by atoms with Gasteiger partial charge in [0, 0.05) is 25.7 Å². The zero-order chi connectivity index (χ0) is 15.6. The predicted molar refractivity (Wildman–Crippen MR) is 76.0 cm³/mol. The van der Waals surface area contributed by atoms with Gasteiger partial charge >= 0.3 is 12.0 Å². The van der Waals surface area contributed by atoms with Crippen molar-refractivity contribution in [1.29, 1.82) is 0 Å². The number of nitrogens with one attached hydrogen (secondary N) is 1. The zero-order valence-electron chi connectivity index (χ0n) is 12.0. The minimum absolute atomic E-state index is 0.0175. The molecule has 21 heavy (non-hydrogen) atoms. The van der Waals surface area contributed by atoms with Crippen LogP contribution in [0.2, 0.25) is 0 Å². The van der Waals surface area contributed by atoms with E-state index < -0.39 is 11.8 Å².